The number of amides is 12. The van der Waals surface area contributed by atoms with Gasteiger partial charge in [0.15, 0.2) is 16.6 Å². The van der Waals surface area contributed by atoms with E-state index in [0.29, 0.717) is 81.2 Å². The van der Waals surface area contributed by atoms with E-state index in [1.54, 1.807) is 27.7 Å². The summed E-state index contributed by atoms with van der Waals surface area (Å²) in [6.45, 7) is 14.5. The molecule has 0 aromatic rings. The molecule has 5 aliphatic rings. The van der Waals surface area contributed by atoms with Crippen LogP contribution in [0.5, 0.6) is 0 Å². The van der Waals surface area contributed by atoms with E-state index >= 15 is 0 Å². The summed E-state index contributed by atoms with van der Waals surface area (Å²) in [7, 11) is -12.4. The third-order valence-electron chi connectivity index (χ3n) is 14.2. The molecule has 5 heterocycles. The van der Waals surface area contributed by atoms with Crippen molar-refractivity contribution in [2.75, 3.05) is 0 Å². The molecule has 12 amide bonds. The Morgan fingerprint density at radius 2 is 0.647 bits per heavy atom. The van der Waals surface area contributed by atoms with Gasteiger partial charge in [-0.25, -0.2) is 19.6 Å². The minimum atomic E-state index is -3.30. The lowest BCUT2D eigenvalue weighted by atomic mass is 10.0. The summed E-state index contributed by atoms with van der Waals surface area (Å²) in [5, 5.41) is 0. The van der Waals surface area contributed by atoms with Crippen LogP contribution in [0.1, 0.15) is 130 Å². The summed E-state index contributed by atoms with van der Waals surface area (Å²) in [6, 6.07) is 1.94. The van der Waals surface area contributed by atoms with Gasteiger partial charge in [0.25, 0.3) is 0 Å². The molecule has 0 N–H and O–H groups in total. The largest absolute Gasteiger partial charge is 0.436 e. The fourth-order valence-electron chi connectivity index (χ4n) is 11.0. The van der Waals surface area contributed by atoms with Crippen molar-refractivity contribution in [3.05, 3.63) is 0 Å². The fourth-order valence-corrected chi connectivity index (χ4v) is 39.8. The van der Waals surface area contributed by atoms with Crippen molar-refractivity contribution in [1.29, 1.82) is 0 Å². The summed E-state index contributed by atoms with van der Waals surface area (Å²) in [5.74, 6) is -8.84. The van der Waals surface area contributed by atoms with Crippen LogP contribution < -0.4 is 0 Å². The van der Waals surface area contributed by atoms with E-state index in [1.165, 1.54) is 0 Å². The van der Waals surface area contributed by atoms with Gasteiger partial charge in [0.1, 0.15) is 0 Å². The average molecular weight is 1020 g/mol. The van der Waals surface area contributed by atoms with Crippen LogP contribution in [0.4, 0.5) is 0 Å². The topological polar surface area (TPSA) is 245 Å². The van der Waals surface area contributed by atoms with Gasteiger partial charge in [-0.1, -0.05) is 53.4 Å². The minimum absolute atomic E-state index is 0.0170. The van der Waals surface area contributed by atoms with Crippen molar-refractivity contribution in [2.45, 2.75) is 186 Å². The van der Waals surface area contributed by atoms with E-state index in [-0.39, 0.29) is 51.4 Å². The van der Waals surface area contributed by atoms with Gasteiger partial charge in [-0.2, -0.15) is 0 Å². The summed E-state index contributed by atoms with van der Waals surface area (Å²) < 4.78 is 22.3. The predicted molar refractivity (Wildman–Crippen MR) is 252 cm³/mol. The molecule has 5 rings (SSSR count). The molecule has 0 aromatic carbocycles. The van der Waals surface area contributed by atoms with E-state index in [9.17, 15) is 57.5 Å². The van der Waals surface area contributed by atoms with Crippen LogP contribution >= 0.6 is 0 Å². The molecule has 0 saturated carbocycles. The van der Waals surface area contributed by atoms with Gasteiger partial charge < -0.3 is 12.3 Å². The van der Waals surface area contributed by atoms with Crippen molar-refractivity contribution in [2.24, 2.45) is 23.7 Å². The summed E-state index contributed by atoms with van der Waals surface area (Å²) in [6.07, 6.45) is 3.07. The zero-order chi connectivity index (χ0) is 50.5. The van der Waals surface area contributed by atoms with Gasteiger partial charge in [0.2, 0.25) is 70.9 Å². The molecule has 5 saturated heterocycles. The maximum Gasteiger partial charge on any atom is 0.315 e. The number of carbonyl (C=O) groups is 12. The first-order chi connectivity index (χ1) is 31.9. The number of hydrogen-bond acceptors (Lipinski definition) is 15. The zero-order valence-electron chi connectivity index (χ0n) is 41.1. The van der Waals surface area contributed by atoms with Gasteiger partial charge in [-0.3, -0.25) is 57.5 Å². The fraction of sp³-hybridized carbons (Fsp3) is 0.733. The maximum atomic E-state index is 13.3. The van der Waals surface area contributed by atoms with Crippen LogP contribution in [-0.2, 0) is 69.9 Å². The number of hydrogen-bond donors (Lipinski definition) is 0. The first kappa shape index (κ1) is 54.9. The van der Waals surface area contributed by atoms with Gasteiger partial charge >= 0.3 is 17.1 Å². The number of rotatable bonds is 20. The highest BCUT2D eigenvalue weighted by molar-refractivity contribution is 7.00. The Bertz CT molecular complexity index is 1810. The molecular formula is C45H70N4O15Si4. The first-order valence-electron chi connectivity index (χ1n) is 24.6. The van der Waals surface area contributed by atoms with Gasteiger partial charge in [0.05, 0.1) is 0 Å². The summed E-state index contributed by atoms with van der Waals surface area (Å²) >= 11 is 0. The molecular weight excluding hydrogens is 949 g/mol. The van der Waals surface area contributed by atoms with Crippen molar-refractivity contribution < 1.29 is 69.9 Å². The maximum absolute atomic E-state index is 13.3. The third kappa shape index (κ3) is 12.5. The van der Waals surface area contributed by atoms with E-state index in [4.69, 9.17) is 12.3 Å². The highest BCUT2D eigenvalue weighted by Gasteiger charge is 2.56. The molecule has 5 fully saturated rings. The van der Waals surface area contributed by atoms with Crippen molar-refractivity contribution in [1.82, 2.24) is 19.6 Å². The Balaban J connectivity index is 1.42. The van der Waals surface area contributed by atoms with Crippen LogP contribution in [-0.4, -0.2) is 124 Å². The van der Waals surface area contributed by atoms with Crippen molar-refractivity contribution in [3.8, 4) is 0 Å². The molecule has 0 radical (unpaired) electrons. The molecule has 0 spiro atoms. The van der Waals surface area contributed by atoms with E-state index in [1.807, 2.05) is 13.1 Å². The lowest BCUT2D eigenvalue weighted by molar-refractivity contribution is -0.152. The summed E-state index contributed by atoms with van der Waals surface area (Å²) in [4.78, 5) is 157. The predicted octanol–water partition coefficient (Wildman–Crippen LogP) is 5.25. The Kier molecular flexibility index (Phi) is 18.1. The highest BCUT2D eigenvalue weighted by atomic mass is 28.5. The smallest absolute Gasteiger partial charge is 0.315 e. The van der Waals surface area contributed by atoms with Crippen LogP contribution in [0.2, 0.25) is 56.0 Å². The van der Waals surface area contributed by atoms with E-state index in [0.717, 1.165) is 19.6 Å². The Hall–Kier alpha value is -4.01. The van der Waals surface area contributed by atoms with Crippen molar-refractivity contribution >= 4 is 105 Å². The normalized spacial score (nSPS) is 31.4. The number of nitrogens with zero attached hydrogens (tertiary/aromatic N) is 4. The van der Waals surface area contributed by atoms with Gasteiger partial charge in [-0.05, 0) is 81.7 Å². The van der Waals surface area contributed by atoms with Crippen LogP contribution in [0, 0.1) is 23.7 Å². The number of carbonyl (C=O) groups excluding carboxylic acids is 12. The van der Waals surface area contributed by atoms with Gasteiger partial charge in [0, 0.05) is 75.0 Å². The quantitative estimate of drug-likeness (QED) is 0.112. The Morgan fingerprint density at radius 3 is 0.882 bits per heavy atom. The molecule has 19 nitrogen and oxygen atoms in total. The lowest BCUT2D eigenvalue weighted by Crippen LogP contribution is -2.65. The van der Waals surface area contributed by atoms with E-state index < -0.39 is 128 Å². The van der Waals surface area contributed by atoms with Crippen molar-refractivity contribution in [3.63, 3.8) is 0 Å². The standard InChI is InChI=1S/C45H70N4O15Si4/c1-9-34(50)46-38(54)25-30(42(46)58)17-13-21-65(5)29-66(6,22-14-18-31-26-39(55)47(43(31)59)35(51)10-2)63-68(8,24-16-20-33-28-41(57)49(45(33)61)37(53)12-4)64-67(7,62-65)23-15-19-32-27-40(56)48(44(32)60)36(52)11-3/h30-33H,9-29H2,1-8H3. The Morgan fingerprint density at radius 1 is 0.412 bits per heavy atom. The molecule has 376 valence electrons. The molecule has 5 aliphatic heterocycles. The van der Waals surface area contributed by atoms with Crippen LogP contribution in [0.15, 0.2) is 0 Å². The van der Waals surface area contributed by atoms with Crippen LogP contribution in [0.3, 0.4) is 0 Å². The average Bonchev–Trinajstić information content (AvgIpc) is 3.91. The number of likely N-dealkylation sites (tertiary alicyclic amines) is 4. The molecule has 23 heteroatoms. The molecule has 0 bridgehead atoms. The SMILES string of the molecule is CCC(=O)N1C(=O)CC(CCC[Si]2(C)C[Si](C)(CCCC3CC(=O)N(C(=O)CC)C3=O)O[Si](C)(CCCC3CC(=O)N(C(=O)CC)C3=O)O[Si](C)(CCCC3CC(=O)N(C(=O)CC)C3=O)O2)C1=O. The number of imide groups is 12. The monoisotopic (exact) mass is 1020 g/mol. The molecule has 8 unspecified atom stereocenters. The molecule has 0 aliphatic carbocycles. The molecule has 0 aromatic heterocycles. The lowest BCUT2D eigenvalue weighted by Gasteiger charge is -2.51. The molecule has 68 heavy (non-hydrogen) atoms. The molecule has 8 atom stereocenters. The summed E-state index contributed by atoms with van der Waals surface area (Å²) in [5.41, 5.74) is 0.581. The van der Waals surface area contributed by atoms with Crippen LogP contribution in [0.25, 0.3) is 0 Å². The minimum Gasteiger partial charge on any atom is -0.436 e. The second-order valence-corrected chi connectivity index (χ2v) is 36.3. The highest BCUT2D eigenvalue weighted by Crippen LogP contribution is 2.43. The van der Waals surface area contributed by atoms with E-state index in [2.05, 4.69) is 13.1 Å². The Labute approximate surface area is 402 Å². The third-order valence-corrected chi connectivity index (χ3v) is 36.3. The second-order valence-electron chi connectivity index (χ2n) is 20.1. The second kappa shape index (κ2) is 22.4. The first-order valence-corrected chi connectivity index (χ1v) is 35.2. The zero-order valence-corrected chi connectivity index (χ0v) is 45.1. The van der Waals surface area contributed by atoms with Gasteiger partial charge in [-0.15, -0.1) is 0 Å².